The third kappa shape index (κ3) is 6.08. The van der Waals surface area contributed by atoms with Gasteiger partial charge in [0.1, 0.15) is 5.60 Å². The van der Waals surface area contributed by atoms with Crippen LogP contribution in [0.4, 0.5) is 10.5 Å². The number of halogens is 1. The molecule has 0 aliphatic carbocycles. The second-order valence-electron chi connectivity index (χ2n) is 6.95. The monoisotopic (exact) mass is 374 g/mol. The molecular weight excluding hydrogens is 352 g/mol. The Morgan fingerprint density at radius 2 is 1.73 bits per heavy atom. The van der Waals surface area contributed by atoms with Gasteiger partial charge < -0.3 is 10.1 Å². The predicted molar refractivity (Wildman–Crippen MR) is 104 cm³/mol. The van der Waals surface area contributed by atoms with E-state index in [1.54, 1.807) is 57.2 Å². The van der Waals surface area contributed by atoms with Crippen molar-refractivity contribution in [2.45, 2.75) is 39.3 Å². The SMILES string of the molecule is C[C@@H](NC(=O)c1cccc(NC(=O)OC(C)(C)C)c1)c1ccc(Cl)cc1. The Kier molecular flexibility index (Phi) is 6.27. The molecule has 0 spiro atoms. The summed E-state index contributed by atoms with van der Waals surface area (Å²) in [5.74, 6) is -0.236. The van der Waals surface area contributed by atoms with Crippen LogP contribution in [-0.4, -0.2) is 17.6 Å². The van der Waals surface area contributed by atoms with Gasteiger partial charge in [0, 0.05) is 16.3 Å². The molecule has 2 aromatic carbocycles. The van der Waals surface area contributed by atoms with E-state index in [1.807, 2.05) is 19.1 Å². The lowest BCUT2D eigenvalue weighted by molar-refractivity contribution is 0.0635. The molecule has 26 heavy (non-hydrogen) atoms. The average Bonchev–Trinajstić information content (AvgIpc) is 2.53. The van der Waals surface area contributed by atoms with Crippen LogP contribution in [0.3, 0.4) is 0 Å². The van der Waals surface area contributed by atoms with Crippen molar-refractivity contribution in [1.82, 2.24) is 5.32 Å². The molecule has 0 aromatic heterocycles. The molecule has 2 rings (SSSR count). The zero-order valence-electron chi connectivity index (χ0n) is 15.3. The highest BCUT2D eigenvalue weighted by atomic mass is 35.5. The number of anilines is 1. The van der Waals surface area contributed by atoms with Crippen molar-refractivity contribution in [2.24, 2.45) is 0 Å². The highest BCUT2D eigenvalue weighted by molar-refractivity contribution is 6.30. The summed E-state index contributed by atoms with van der Waals surface area (Å²) in [7, 11) is 0. The Balaban J connectivity index is 2.03. The molecule has 0 aliphatic rings. The predicted octanol–water partition coefficient (Wildman–Crippen LogP) is 5.18. The first-order chi connectivity index (χ1) is 12.1. The van der Waals surface area contributed by atoms with Gasteiger partial charge in [-0.05, 0) is 63.6 Å². The van der Waals surface area contributed by atoms with Gasteiger partial charge in [-0.25, -0.2) is 4.79 Å². The van der Waals surface area contributed by atoms with Crippen LogP contribution >= 0.6 is 11.6 Å². The molecule has 0 saturated heterocycles. The zero-order chi connectivity index (χ0) is 19.3. The van der Waals surface area contributed by atoms with Crippen molar-refractivity contribution < 1.29 is 14.3 Å². The van der Waals surface area contributed by atoms with Gasteiger partial charge in [0.2, 0.25) is 0 Å². The second-order valence-corrected chi connectivity index (χ2v) is 7.39. The lowest BCUT2D eigenvalue weighted by Gasteiger charge is -2.20. The van der Waals surface area contributed by atoms with Crippen LogP contribution in [0.1, 0.15) is 49.7 Å². The third-order valence-electron chi connectivity index (χ3n) is 3.49. The van der Waals surface area contributed by atoms with E-state index in [0.717, 1.165) is 5.56 Å². The summed E-state index contributed by atoms with van der Waals surface area (Å²) in [5, 5.41) is 6.20. The van der Waals surface area contributed by atoms with Crippen molar-refractivity contribution in [3.8, 4) is 0 Å². The minimum atomic E-state index is -0.590. The molecule has 6 heteroatoms. The standard InChI is InChI=1S/C20H23ClN2O3/c1-13(14-8-10-16(21)11-9-14)22-18(24)15-6-5-7-17(12-15)23-19(25)26-20(2,3)4/h5-13H,1-4H3,(H,22,24)(H,23,25)/t13-/m1/s1. The van der Waals surface area contributed by atoms with Crippen molar-refractivity contribution in [3.05, 3.63) is 64.7 Å². The summed E-state index contributed by atoms with van der Waals surface area (Å²) in [4.78, 5) is 24.3. The number of ether oxygens (including phenoxy) is 1. The van der Waals surface area contributed by atoms with Crippen LogP contribution < -0.4 is 10.6 Å². The highest BCUT2D eigenvalue weighted by Crippen LogP contribution is 2.18. The maximum atomic E-state index is 12.5. The van der Waals surface area contributed by atoms with E-state index < -0.39 is 11.7 Å². The molecule has 0 aliphatic heterocycles. The van der Waals surface area contributed by atoms with E-state index in [-0.39, 0.29) is 11.9 Å². The smallest absolute Gasteiger partial charge is 0.412 e. The molecule has 1 atom stereocenters. The zero-order valence-corrected chi connectivity index (χ0v) is 16.1. The van der Waals surface area contributed by atoms with Crippen LogP contribution in [0.15, 0.2) is 48.5 Å². The molecule has 0 bridgehead atoms. The fourth-order valence-corrected chi connectivity index (χ4v) is 2.40. The number of hydrogen-bond donors (Lipinski definition) is 2. The van der Waals surface area contributed by atoms with Gasteiger partial charge in [0.25, 0.3) is 5.91 Å². The molecule has 0 saturated carbocycles. The van der Waals surface area contributed by atoms with Crippen LogP contribution in [0.2, 0.25) is 5.02 Å². The molecule has 2 N–H and O–H groups in total. The van der Waals surface area contributed by atoms with E-state index in [9.17, 15) is 9.59 Å². The lowest BCUT2D eigenvalue weighted by Crippen LogP contribution is -2.28. The van der Waals surface area contributed by atoms with Gasteiger partial charge in [-0.3, -0.25) is 10.1 Å². The summed E-state index contributed by atoms with van der Waals surface area (Å²) in [5.41, 5.74) is 1.30. The molecule has 2 aromatic rings. The minimum Gasteiger partial charge on any atom is -0.444 e. The van der Waals surface area contributed by atoms with E-state index >= 15 is 0 Å². The van der Waals surface area contributed by atoms with Crippen LogP contribution in [0, 0.1) is 0 Å². The Morgan fingerprint density at radius 3 is 2.35 bits per heavy atom. The first kappa shape index (κ1) is 19.8. The van der Waals surface area contributed by atoms with Crippen molar-refractivity contribution in [2.75, 3.05) is 5.32 Å². The number of rotatable bonds is 4. The first-order valence-electron chi connectivity index (χ1n) is 8.30. The normalized spacial score (nSPS) is 12.2. The van der Waals surface area contributed by atoms with Gasteiger partial charge >= 0.3 is 6.09 Å². The van der Waals surface area contributed by atoms with E-state index in [2.05, 4.69) is 10.6 Å². The van der Waals surface area contributed by atoms with Gasteiger partial charge in [0.15, 0.2) is 0 Å². The molecule has 0 heterocycles. The fourth-order valence-electron chi connectivity index (χ4n) is 2.27. The highest BCUT2D eigenvalue weighted by Gasteiger charge is 2.17. The number of carbonyl (C=O) groups excluding carboxylic acids is 2. The lowest BCUT2D eigenvalue weighted by atomic mass is 10.1. The summed E-state index contributed by atoms with van der Waals surface area (Å²) in [6, 6.07) is 13.8. The van der Waals surface area contributed by atoms with E-state index in [0.29, 0.717) is 16.3 Å². The molecule has 2 amide bonds. The molecule has 138 valence electrons. The summed E-state index contributed by atoms with van der Waals surface area (Å²) < 4.78 is 5.21. The molecule has 0 unspecified atom stereocenters. The largest absolute Gasteiger partial charge is 0.444 e. The number of amides is 2. The maximum Gasteiger partial charge on any atom is 0.412 e. The molecule has 0 radical (unpaired) electrons. The molecular formula is C20H23ClN2O3. The van der Waals surface area contributed by atoms with E-state index in [1.165, 1.54) is 0 Å². The quantitative estimate of drug-likeness (QED) is 0.774. The average molecular weight is 375 g/mol. The van der Waals surface area contributed by atoms with Crippen LogP contribution in [0.5, 0.6) is 0 Å². The van der Waals surface area contributed by atoms with Gasteiger partial charge in [-0.1, -0.05) is 29.8 Å². The Morgan fingerprint density at radius 1 is 1.08 bits per heavy atom. The van der Waals surface area contributed by atoms with E-state index in [4.69, 9.17) is 16.3 Å². The molecule has 5 nitrogen and oxygen atoms in total. The number of hydrogen-bond acceptors (Lipinski definition) is 3. The Hall–Kier alpha value is -2.53. The van der Waals surface area contributed by atoms with Gasteiger partial charge in [-0.15, -0.1) is 0 Å². The molecule has 0 fully saturated rings. The maximum absolute atomic E-state index is 12.5. The Bertz CT molecular complexity index is 782. The van der Waals surface area contributed by atoms with Crippen molar-refractivity contribution in [3.63, 3.8) is 0 Å². The van der Waals surface area contributed by atoms with Gasteiger partial charge in [0.05, 0.1) is 6.04 Å². The van der Waals surface area contributed by atoms with Crippen molar-refractivity contribution in [1.29, 1.82) is 0 Å². The fraction of sp³-hybridized carbons (Fsp3) is 0.300. The third-order valence-corrected chi connectivity index (χ3v) is 3.74. The van der Waals surface area contributed by atoms with Crippen LogP contribution in [0.25, 0.3) is 0 Å². The summed E-state index contributed by atoms with van der Waals surface area (Å²) in [6.45, 7) is 7.25. The summed E-state index contributed by atoms with van der Waals surface area (Å²) in [6.07, 6.45) is -0.565. The number of nitrogens with one attached hydrogen (secondary N) is 2. The number of benzene rings is 2. The first-order valence-corrected chi connectivity index (χ1v) is 8.68. The van der Waals surface area contributed by atoms with Crippen LogP contribution in [-0.2, 0) is 4.74 Å². The Labute approximate surface area is 158 Å². The van der Waals surface area contributed by atoms with Gasteiger partial charge in [-0.2, -0.15) is 0 Å². The summed E-state index contributed by atoms with van der Waals surface area (Å²) >= 11 is 5.88. The van der Waals surface area contributed by atoms with Crippen molar-refractivity contribution >= 4 is 29.3 Å². The second kappa shape index (κ2) is 8.23. The topological polar surface area (TPSA) is 67.4 Å². The minimum absolute atomic E-state index is 0.178. The number of carbonyl (C=O) groups is 2.